The molecule has 0 radical (unpaired) electrons. The molecule has 6 nitrogen and oxygen atoms in total. The third-order valence-electron chi connectivity index (χ3n) is 3.53. The summed E-state index contributed by atoms with van der Waals surface area (Å²) in [4.78, 5) is 12.1. The average Bonchev–Trinajstić information content (AvgIpc) is 2.40. The van der Waals surface area contributed by atoms with Crippen LogP contribution in [-0.4, -0.2) is 53.2 Å². The van der Waals surface area contributed by atoms with E-state index in [0.717, 1.165) is 6.42 Å². The van der Waals surface area contributed by atoms with Crippen molar-refractivity contribution in [1.29, 1.82) is 0 Å². The van der Waals surface area contributed by atoms with Crippen LogP contribution < -0.4 is 0 Å². The lowest BCUT2D eigenvalue weighted by Crippen LogP contribution is -2.62. The zero-order valence-corrected chi connectivity index (χ0v) is 24.3. The van der Waals surface area contributed by atoms with Gasteiger partial charge in [-0.1, -0.05) is 6.92 Å². The molecule has 0 unspecified atom stereocenters. The first-order valence-corrected chi connectivity index (χ1v) is 22.1. The zero-order chi connectivity index (χ0) is 22.4. The van der Waals surface area contributed by atoms with E-state index in [1.54, 1.807) is 0 Å². The third-order valence-corrected chi connectivity index (χ3v) is 14.4. The van der Waals surface area contributed by atoms with Crippen LogP contribution in [0.15, 0.2) is 0 Å². The van der Waals surface area contributed by atoms with Crippen molar-refractivity contribution in [3.05, 3.63) is 0 Å². The zero-order valence-electron chi connectivity index (χ0n) is 20.3. The molecule has 0 rings (SSSR count). The molecule has 168 valence electrons. The standard InChI is InChI=1S/C18H44O6Si4/c1-13-18(2,3)17(19)20-15-14-16-21-28(22-25(4,5)6,23-26(7,8)9)24-27(10,11)12/h13-16H2,1-12H3. The van der Waals surface area contributed by atoms with Gasteiger partial charge in [0.2, 0.25) is 0 Å². The summed E-state index contributed by atoms with van der Waals surface area (Å²) >= 11 is 0. The van der Waals surface area contributed by atoms with Crippen molar-refractivity contribution >= 4 is 40.0 Å². The minimum Gasteiger partial charge on any atom is -0.465 e. The van der Waals surface area contributed by atoms with E-state index in [1.807, 2.05) is 20.8 Å². The molecule has 0 aromatic carbocycles. The number of hydrogen-bond donors (Lipinski definition) is 0. The molecule has 0 aliphatic rings. The number of carbonyl (C=O) groups excluding carboxylic acids is 1. The highest BCUT2D eigenvalue weighted by Crippen LogP contribution is 2.27. The normalized spacial score (nSPS) is 14.3. The summed E-state index contributed by atoms with van der Waals surface area (Å²) < 4.78 is 31.0. The highest BCUT2D eigenvalue weighted by Gasteiger charge is 2.53. The molecule has 0 spiro atoms. The van der Waals surface area contributed by atoms with Crippen LogP contribution in [-0.2, 0) is 26.3 Å². The van der Waals surface area contributed by atoms with E-state index >= 15 is 0 Å². The molecule has 0 saturated carbocycles. The second kappa shape index (κ2) is 10.5. The van der Waals surface area contributed by atoms with E-state index in [-0.39, 0.29) is 5.97 Å². The maximum atomic E-state index is 12.1. The Morgan fingerprint density at radius 3 is 1.46 bits per heavy atom. The Balaban J connectivity index is 5.12. The average molecular weight is 469 g/mol. The monoisotopic (exact) mass is 468 g/mol. The van der Waals surface area contributed by atoms with E-state index in [4.69, 9.17) is 21.5 Å². The highest BCUT2D eigenvalue weighted by atomic mass is 28.5. The molecule has 0 bridgehead atoms. The first kappa shape index (κ1) is 28.2. The van der Waals surface area contributed by atoms with Crippen molar-refractivity contribution in [2.24, 2.45) is 5.41 Å². The Labute approximate surface area is 177 Å². The van der Waals surface area contributed by atoms with Gasteiger partial charge in [0.05, 0.1) is 12.0 Å². The lowest BCUT2D eigenvalue weighted by Gasteiger charge is -2.40. The molecular formula is C18H44O6Si4. The predicted molar refractivity (Wildman–Crippen MR) is 125 cm³/mol. The largest absolute Gasteiger partial charge is 0.647 e. The Hall–Kier alpha value is 0.178. The summed E-state index contributed by atoms with van der Waals surface area (Å²) in [5.41, 5.74) is -0.456. The van der Waals surface area contributed by atoms with Gasteiger partial charge in [-0.05, 0) is 79.2 Å². The van der Waals surface area contributed by atoms with Gasteiger partial charge in [-0.2, -0.15) is 0 Å². The maximum Gasteiger partial charge on any atom is 0.647 e. The second-order valence-corrected chi connectivity index (χ2v) is 27.1. The molecule has 0 aromatic heterocycles. The Morgan fingerprint density at radius 1 is 0.750 bits per heavy atom. The van der Waals surface area contributed by atoms with Crippen LogP contribution in [0, 0.1) is 5.41 Å². The molecule has 0 heterocycles. The molecule has 0 atom stereocenters. The van der Waals surface area contributed by atoms with E-state index in [2.05, 4.69) is 58.9 Å². The van der Waals surface area contributed by atoms with Crippen LogP contribution in [0.3, 0.4) is 0 Å². The van der Waals surface area contributed by atoms with Crippen molar-refractivity contribution in [3.8, 4) is 0 Å². The summed E-state index contributed by atoms with van der Waals surface area (Å²) in [6.45, 7) is 25.6. The minimum absolute atomic E-state index is 0.173. The predicted octanol–water partition coefficient (Wildman–Crippen LogP) is 5.36. The number of esters is 1. The van der Waals surface area contributed by atoms with Crippen LogP contribution in [0.4, 0.5) is 0 Å². The lowest BCUT2D eigenvalue weighted by atomic mass is 9.91. The first-order valence-electron chi connectivity index (χ1n) is 10.2. The lowest BCUT2D eigenvalue weighted by molar-refractivity contribution is -0.154. The Bertz CT molecular complexity index is 451. The van der Waals surface area contributed by atoms with E-state index in [0.29, 0.717) is 19.6 Å². The van der Waals surface area contributed by atoms with Crippen molar-refractivity contribution in [2.75, 3.05) is 13.2 Å². The van der Waals surface area contributed by atoms with Crippen LogP contribution >= 0.6 is 0 Å². The van der Waals surface area contributed by atoms with Crippen molar-refractivity contribution in [3.63, 3.8) is 0 Å². The van der Waals surface area contributed by atoms with Gasteiger partial charge in [0, 0.05) is 13.0 Å². The Kier molecular flexibility index (Phi) is 10.5. The number of ether oxygens (including phenoxy) is 1. The van der Waals surface area contributed by atoms with Crippen LogP contribution in [0.2, 0.25) is 58.9 Å². The van der Waals surface area contributed by atoms with Gasteiger partial charge in [0.15, 0.2) is 25.0 Å². The van der Waals surface area contributed by atoms with Gasteiger partial charge in [0.25, 0.3) is 0 Å². The summed E-state index contributed by atoms with van der Waals surface area (Å²) in [5.74, 6) is -0.173. The molecule has 0 aliphatic heterocycles. The van der Waals surface area contributed by atoms with Gasteiger partial charge in [-0.3, -0.25) is 4.79 Å². The number of rotatable bonds is 13. The summed E-state index contributed by atoms with van der Waals surface area (Å²) in [6, 6.07) is 0. The van der Waals surface area contributed by atoms with Gasteiger partial charge in [-0.25, -0.2) is 0 Å². The fourth-order valence-electron chi connectivity index (χ4n) is 2.04. The molecule has 0 amide bonds. The second-order valence-electron chi connectivity index (χ2n) is 10.7. The molecular weight excluding hydrogens is 425 g/mol. The maximum absolute atomic E-state index is 12.1. The molecule has 0 saturated heterocycles. The minimum atomic E-state index is -3.28. The quantitative estimate of drug-likeness (QED) is 0.206. The summed E-state index contributed by atoms with van der Waals surface area (Å²) in [6.07, 6.45) is 1.33. The van der Waals surface area contributed by atoms with Crippen molar-refractivity contribution < 1.29 is 26.3 Å². The third kappa shape index (κ3) is 12.7. The van der Waals surface area contributed by atoms with E-state index in [9.17, 15) is 4.79 Å². The van der Waals surface area contributed by atoms with Crippen molar-refractivity contribution in [2.45, 2.75) is 92.5 Å². The van der Waals surface area contributed by atoms with Crippen molar-refractivity contribution in [1.82, 2.24) is 0 Å². The molecule has 0 N–H and O–H groups in total. The Morgan fingerprint density at radius 2 is 1.14 bits per heavy atom. The fourth-order valence-corrected chi connectivity index (χ4v) is 13.8. The molecule has 10 heteroatoms. The number of hydrogen-bond acceptors (Lipinski definition) is 6. The highest BCUT2D eigenvalue weighted by molar-refractivity contribution is 6.87. The van der Waals surface area contributed by atoms with Crippen LogP contribution in [0.25, 0.3) is 0 Å². The van der Waals surface area contributed by atoms with Gasteiger partial charge < -0.3 is 21.5 Å². The first-order chi connectivity index (χ1) is 12.3. The van der Waals surface area contributed by atoms with Gasteiger partial charge in [0.1, 0.15) is 0 Å². The number of carbonyl (C=O) groups is 1. The summed E-state index contributed by atoms with van der Waals surface area (Å²) in [5, 5.41) is 0. The SMILES string of the molecule is CCC(C)(C)C(=O)OCCCO[Si](O[Si](C)(C)C)(O[Si](C)(C)C)O[Si](C)(C)C. The summed E-state index contributed by atoms with van der Waals surface area (Å²) in [7, 11) is -9.17. The smallest absolute Gasteiger partial charge is 0.465 e. The topological polar surface area (TPSA) is 63.2 Å². The molecule has 0 aliphatic carbocycles. The molecule has 28 heavy (non-hydrogen) atoms. The van der Waals surface area contributed by atoms with Gasteiger partial charge >= 0.3 is 15.0 Å². The van der Waals surface area contributed by atoms with Crippen LogP contribution in [0.5, 0.6) is 0 Å². The van der Waals surface area contributed by atoms with E-state index < -0.39 is 39.4 Å². The van der Waals surface area contributed by atoms with Gasteiger partial charge in [-0.15, -0.1) is 0 Å². The van der Waals surface area contributed by atoms with E-state index in [1.165, 1.54) is 0 Å². The van der Waals surface area contributed by atoms with Crippen LogP contribution in [0.1, 0.15) is 33.6 Å². The fraction of sp³-hybridized carbons (Fsp3) is 0.944. The molecule has 0 fully saturated rings. The molecule has 0 aromatic rings.